The lowest BCUT2D eigenvalue weighted by Gasteiger charge is -1.99. The van der Waals surface area contributed by atoms with Crippen LogP contribution in [0.1, 0.15) is 17.6 Å². The lowest BCUT2D eigenvalue weighted by molar-refractivity contribution is 0.151. The van der Waals surface area contributed by atoms with Crippen molar-refractivity contribution in [1.29, 1.82) is 0 Å². The molecular weight excluding hydrogens is 165 g/mol. The Labute approximate surface area is 68.0 Å². The Morgan fingerprint density at radius 2 is 1.92 bits per heavy atom. The van der Waals surface area contributed by atoms with Crippen LogP contribution in [-0.4, -0.2) is 0 Å². The maximum atomic E-state index is 12.5. The van der Waals surface area contributed by atoms with Crippen LogP contribution in [0.15, 0.2) is 18.2 Å². The van der Waals surface area contributed by atoms with Crippen molar-refractivity contribution in [3.8, 4) is 12.3 Å². The minimum Gasteiger partial charge on any atom is -0.207 e. The summed E-state index contributed by atoms with van der Waals surface area (Å²) in [5.41, 5.74) is -0.256. The van der Waals surface area contributed by atoms with Crippen molar-refractivity contribution >= 4 is 0 Å². The van der Waals surface area contributed by atoms with E-state index < -0.39 is 12.2 Å². The maximum Gasteiger partial charge on any atom is 0.263 e. The van der Waals surface area contributed by atoms with E-state index in [0.29, 0.717) is 0 Å². The second-order valence-corrected chi connectivity index (χ2v) is 2.22. The molecule has 0 amide bonds. The topological polar surface area (TPSA) is 0 Å². The molecule has 0 saturated carbocycles. The van der Waals surface area contributed by atoms with E-state index >= 15 is 0 Å². The second kappa shape index (κ2) is 3.31. The molecule has 0 N–H and O–H groups in total. The van der Waals surface area contributed by atoms with E-state index in [4.69, 9.17) is 6.42 Å². The number of terminal acetylenes is 1. The standard InChI is InChI=1S/C9H5F3/c1-2-6-3-7(9(11)12)5-8(10)4-6/h1,3-5,9H. The van der Waals surface area contributed by atoms with E-state index in [1.165, 1.54) is 0 Å². The van der Waals surface area contributed by atoms with Crippen molar-refractivity contribution in [3.05, 3.63) is 35.1 Å². The fourth-order valence-electron chi connectivity index (χ4n) is 0.822. The highest BCUT2D eigenvalue weighted by molar-refractivity contribution is 5.36. The van der Waals surface area contributed by atoms with Gasteiger partial charge >= 0.3 is 0 Å². The smallest absolute Gasteiger partial charge is 0.207 e. The number of hydrogen-bond acceptors (Lipinski definition) is 0. The molecule has 0 atom stereocenters. The number of benzene rings is 1. The number of hydrogen-bond donors (Lipinski definition) is 0. The molecule has 0 aliphatic carbocycles. The highest BCUT2D eigenvalue weighted by Gasteiger charge is 2.08. The molecule has 0 nitrogen and oxygen atoms in total. The Balaban J connectivity index is 3.17. The highest BCUT2D eigenvalue weighted by atomic mass is 19.3. The first-order valence-corrected chi connectivity index (χ1v) is 3.18. The molecule has 0 bridgehead atoms. The molecular formula is C9H5F3. The van der Waals surface area contributed by atoms with Gasteiger partial charge in [-0.1, -0.05) is 5.92 Å². The molecule has 1 aromatic rings. The van der Waals surface area contributed by atoms with E-state index in [1.54, 1.807) is 0 Å². The molecule has 1 rings (SSSR count). The predicted octanol–water partition coefficient (Wildman–Crippen LogP) is 2.74. The first kappa shape index (κ1) is 8.66. The van der Waals surface area contributed by atoms with E-state index in [-0.39, 0.29) is 11.1 Å². The summed E-state index contributed by atoms with van der Waals surface area (Å²) in [6, 6.07) is 2.89. The molecule has 0 fully saturated rings. The van der Waals surface area contributed by atoms with Crippen LogP contribution in [0.2, 0.25) is 0 Å². The zero-order valence-corrected chi connectivity index (χ0v) is 6.02. The van der Waals surface area contributed by atoms with Gasteiger partial charge in [0, 0.05) is 11.1 Å². The Morgan fingerprint density at radius 1 is 1.25 bits per heavy atom. The molecule has 0 heterocycles. The quantitative estimate of drug-likeness (QED) is 0.568. The number of rotatable bonds is 1. The molecule has 62 valence electrons. The van der Waals surface area contributed by atoms with Gasteiger partial charge in [0.05, 0.1) is 0 Å². The Hall–Kier alpha value is -1.43. The molecule has 0 aliphatic rings. The van der Waals surface area contributed by atoms with Gasteiger partial charge in [-0.15, -0.1) is 6.42 Å². The van der Waals surface area contributed by atoms with Crippen molar-refractivity contribution in [2.45, 2.75) is 6.43 Å². The van der Waals surface area contributed by atoms with Gasteiger partial charge in [0.25, 0.3) is 6.43 Å². The minimum atomic E-state index is -2.69. The number of halogens is 3. The van der Waals surface area contributed by atoms with E-state index in [9.17, 15) is 13.2 Å². The predicted molar refractivity (Wildman–Crippen MR) is 39.3 cm³/mol. The Morgan fingerprint density at radius 3 is 2.42 bits per heavy atom. The van der Waals surface area contributed by atoms with E-state index in [2.05, 4.69) is 5.92 Å². The second-order valence-electron chi connectivity index (χ2n) is 2.22. The van der Waals surface area contributed by atoms with Gasteiger partial charge < -0.3 is 0 Å². The normalized spacial score (nSPS) is 9.92. The lowest BCUT2D eigenvalue weighted by Crippen LogP contribution is -1.88. The van der Waals surface area contributed by atoms with Crippen LogP contribution >= 0.6 is 0 Å². The molecule has 0 spiro atoms. The van der Waals surface area contributed by atoms with E-state index in [1.807, 2.05) is 0 Å². The average molecular weight is 170 g/mol. The minimum absolute atomic E-state index is 0.130. The van der Waals surface area contributed by atoms with Gasteiger partial charge in [0.15, 0.2) is 0 Å². The zero-order chi connectivity index (χ0) is 9.14. The van der Waals surface area contributed by atoms with Crippen LogP contribution in [0.25, 0.3) is 0 Å². The van der Waals surface area contributed by atoms with Gasteiger partial charge in [-0.25, -0.2) is 13.2 Å². The molecule has 0 aromatic heterocycles. The van der Waals surface area contributed by atoms with Gasteiger partial charge in [-0.2, -0.15) is 0 Å². The fraction of sp³-hybridized carbons (Fsp3) is 0.111. The van der Waals surface area contributed by atoms with E-state index in [0.717, 1.165) is 18.2 Å². The largest absolute Gasteiger partial charge is 0.263 e. The van der Waals surface area contributed by atoms with Crippen LogP contribution in [0.3, 0.4) is 0 Å². The summed E-state index contributed by atoms with van der Waals surface area (Å²) >= 11 is 0. The molecule has 12 heavy (non-hydrogen) atoms. The molecule has 0 unspecified atom stereocenters. The van der Waals surface area contributed by atoms with Gasteiger partial charge in [0.1, 0.15) is 5.82 Å². The van der Waals surface area contributed by atoms with Crippen molar-refractivity contribution in [2.75, 3.05) is 0 Å². The average Bonchev–Trinajstić information content (AvgIpc) is 2.03. The molecule has 1 aromatic carbocycles. The molecule has 0 aliphatic heterocycles. The third-order valence-corrected chi connectivity index (χ3v) is 1.34. The van der Waals surface area contributed by atoms with Crippen molar-refractivity contribution in [2.24, 2.45) is 0 Å². The summed E-state index contributed by atoms with van der Waals surface area (Å²) in [4.78, 5) is 0. The van der Waals surface area contributed by atoms with Crippen LogP contribution in [0.5, 0.6) is 0 Å². The summed E-state index contributed by atoms with van der Waals surface area (Å²) in [6.07, 6.45) is 2.24. The molecule has 0 saturated heterocycles. The van der Waals surface area contributed by atoms with Crippen LogP contribution in [-0.2, 0) is 0 Å². The Kier molecular flexibility index (Phi) is 2.39. The van der Waals surface area contributed by atoms with Gasteiger partial charge in [-0.3, -0.25) is 0 Å². The highest BCUT2D eigenvalue weighted by Crippen LogP contribution is 2.20. The zero-order valence-electron chi connectivity index (χ0n) is 6.02. The number of alkyl halides is 2. The van der Waals surface area contributed by atoms with Crippen molar-refractivity contribution in [1.82, 2.24) is 0 Å². The van der Waals surface area contributed by atoms with Crippen LogP contribution < -0.4 is 0 Å². The summed E-state index contributed by atoms with van der Waals surface area (Å²) < 4.78 is 36.6. The summed E-state index contributed by atoms with van der Waals surface area (Å²) in [6.45, 7) is 0. The van der Waals surface area contributed by atoms with Gasteiger partial charge in [-0.05, 0) is 18.2 Å². The fourth-order valence-corrected chi connectivity index (χ4v) is 0.822. The van der Waals surface area contributed by atoms with Gasteiger partial charge in [0.2, 0.25) is 0 Å². The summed E-state index contributed by atoms with van der Waals surface area (Å²) in [5.74, 6) is 1.35. The summed E-state index contributed by atoms with van der Waals surface area (Å²) in [7, 11) is 0. The van der Waals surface area contributed by atoms with Crippen LogP contribution in [0.4, 0.5) is 13.2 Å². The third-order valence-electron chi connectivity index (χ3n) is 1.34. The monoisotopic (exact) mass is 170 g/mol. The van der Waals surface area contributed by atoms with Crippen molar-refractivity contribution in [3.63, 3.8) is 0 Å². The summed E-state index contributed by atoms with van der Waals surface area (Å²) in [5, 5.41) is 0. The van der Waals surface area contributed by atoms with Crippen LogP contribution in [0, 0.1) is 18.2 Å². The first-order valence-electron chi connectivity index (χ1n) is 3.18. The Bertz CT molecular complexity index is 323. The maximum absolute atomic E-state index is 12.5. The molecule has 0 radical (unpaired) electrons. The lowest BCUT2D eigenvalue weighted by atomic mass is 10.1. The molecule has 3 heteroatoms. The third kappa shape index (κ3) is 1.79. The van der Waals surface area contributed by atoms with Crippen molar-refractivity contribution < 1.29 is 13.2 Å². The first-order chi connectivity index (χ1) is 5.63. The SMILES string of the molecule is C#Cc1cc(F)cc(C(F)F)c1.